The van der Waals surface area contributed by atoms with Crippen LogP contribution in [0.4, 0.5) is 0 Å². The lowest BCUT2D eigenvalue weighted by Crippen LogP contribution is -2.53. The van der Waals surface area contributed by atoms with Gasteiger partial charge in [0, 0.05) is 12.6 Å². The molecule has 0 spiro atoms. The van der Waals surface area contributed by atoms with Crippen LogP contribution in [-0.4, -0.2) is 41.8 Å². The molecule has 0 bridgehead atoms. The van der Waals surface area contributed by atoms with E-state index in [1.54, 1.807) is 0 Å². The second kappa shape index (κ2) is 7.59. The number of nitrogens with one attached hydrogen (secondary N) is 1. The molecule has 1 aliphatic heterocycles. The molecule has 4 heteroatoms. The second-order valence-corrected chi connectivity index (χ2v) is 6.95. The van der Waals surface area contributed by atoms with E-state index < -0.39 is 0 Å². The maximum atomic E-state index is 12.7. The van der Waals surface area contributed by atoms with Crippen molar-refractivity contribution >= 4 is 5.91 Å². The van der Waals surface area contributed by atoms with Gasteiger partial charge in [0.15, 0.2) is 0 Å². The van der Waals surface area contributed by atoms with Crippen LogP contribution in [0.5, 0.6) is 0 Å². The standard InChI is InChI=1S/C17H32N2O2/c1-5-7-8-15-17(20)19(16(18-15)9-12(3)4)13-10-14(11-13)21-6-2/h12-16,18H,5-11H2,1-4H3. The molecule has 2 aliphatic rings. The van der Waals surface area contributed by atoms with Crippen molar-refractivity contribution in [3.8, 4) is 0 Å². The van der Waals surface area contributed by atoms with Crippen molar-refractivity contribution in [2.45, 2.75) is 90.6 Å². The number of ether oxygens (including phenoxy) is 1. The summed E-state index contributed by atoms with van der Waals surface area (Å²) in [5.41, 5.74) is 0. The summed E-state index contributed by atoms with van der Waals surface area (Å²) in [7, 11) is 0. The van der Waals surface area contributed by atoms with Crippen LogP contribution in [-0.2, 0) is 9.53 Å². The molecule has 1 aliphatic carbocycles. The molecule has 0 aromatic carbocycles. The first kappa shape index (κ1) is 16.8. The van der Waals surface area contributed by atoms with E-state index in [0.717, 1.165) is 45.1 Å². The van der Waals surface area contributed by atoms with Gasteiger partial charge in [-0.1, -0.05) is 33.6 Å². The first-order valence-electron chi connectivity index (χ1n) is 8.76. The predicted octanol–water partition coefficient (Wildman–Crippen LogP) is 2.92. The summed E-state index contributed by atoms with van der Waals surface area (Å²) in [5, 5.41) is 3.59. The Labute approximate surface area is 129 Å². The van der Waals surface area contributed by atoms with E-state index >= 15 is 0 Å². The van der Waals surface area contributed by atoms with Crippen molar-refractivity contribution in [1.82, 2.24) is 10.2 Å². The maximum absolute atomic E-state index is 12.7. The molecule has 2 rings (SSSR count). The highest BCUT2D eigenvalue weighted by Crippen LogP contribution is 2.34. The molecule has 1 saturated heterocycles. The van der Waals surface area contributed by atoms with E-state index in [0.29, 0.717) is 24.0 Å². The van der Waals surface area contributed by atoms with Gasteiger partial charge < -0.3 is 9.64 Å². The molecule has 1 saturated carbocycles. The van der Waals surface area contributed by atoms with Gasteiger partial charge >= 0.3 is 0 Å². The highest BCUT2D eigenvalue weighted by atomic mass is 16.5. The Morgan fingerprint density at radius 1 is 1.33 bits per heavy atom. The number of rotatable bonds is 8. The van der Waals surface area contributed by atoms with E-state index in [1.807, 2.05) is 6.92 Å². The Kier molecular flexibility index (Phi) is 6.06. The third-order valence-electron chi connectivity index (χ3n) is 4.69. The van der Waals surface area contributed by atoms with Gasteiger partial charge in [-0.3, -0.25) is 10.1 Å². The highest BCUT2D eigenvalue weighted by Gasteiger charge is 2.46. The SMILES string of the molecule is CCCCC1NC(CC(C)C)N(C2CC(OCC)C2)C1=O. The van der Waals surface area contributed by atoms with Crippen LogP contribution < -0.4 is 5.32 Å². The molecule has 1 amide bonds. The molecule has 1 N–H and O–H groups in total. The number of hydrogen-bond acceptors (Lipinski definition) is 3. The fourth-order valence-electron chi connectivity index (χ4n) is 3.53. The first-order chi connectivity index (χ1) is 10.1. The molecule has 0 aromatic heterocycles. The van der Waals surface area contributed by atoms with Crippen molar-refractivity contribution in [2.24, 2.45) is 5.92 Å². The Morgan fingerprint density at radius 3 is 2.62 bits per heavy atom. The number of amides is 1. The molecule has 2 unspecified atom stereocenters. The van der Waals surface area contributed by atoms with Crippen LogP contribution in [0, 0.1) is 5.92 Å². The van der Waals surface area contributed by atoms with Crippen LogP contribution in [0.3, 0.4) is 0 Å². The third-order valence-corrected chi connectivity index (χ3v) is 4.69. The van der Waals surface area contributed by atoms with Crippen molar-refractivity contribution in [2.75, 3.05) is 6.61 Å². The van der Waals surface area contributed by atoms with E-state index in [2.05, 4.69) is 31.0 Å². The van der Waals surface area contributed by atoms with E-state index in [9.17, 15) is 4.79 Å². The van der Waals surface area contributed by atoms with Gasteiger partial charge in [0.05, 0.1) is 18.3 Å². The van der Waals surface area contributed by atoms with Crippen LogP contribution in [0.15, 0.2) is 0 Å². The predicted molar refractivity (Wildman–Crippen MR) is 85.0 cm³/mol. The minimum Gasteiger partial charge on any atom is -0.378 e. The fourth-order valence-corrected chi connectivity index (χ4v) is 3.53. The monoisotopic (exact) mass is 296 g/mol. The smallest absolute Gasteiger partial charge is 0.241 e. The molecule has 1 heterocycles. The zero-order valence-electron chi connectivity index (χ0n) is 14.1. The molecule has 4 nitrogen and oxygen atoms in total. The minimum absolute atomic E-state index is 0.0415. The third kappa shape index (κ3) is 3.98. The van der Waals surface area contributed by atoms with E-state index in [-0.39, 0.29) is 12.2 Å². The van der Waals surface area contributed by atoms with Crippen LogP contribution >= 0.6 is 0 Å². The van der Waals surface area contributed by atoms with Gasteiger partial charge in [-0.25, -0.2) is 0 Å². The summed E-state index contributed by atoms with van der Waals surface area (Å²) in [6.07, 6.45) is 6.90. The number of carbonyl (C=O) groups excluding carboxylic acids is 1. The van der Waals surface area contributed by atoms with Crippen molar-refractivity contribution in [3.63, 3.8) is 0 Å². The van der Waals surface area contributed by atoms with Gasteiger partial charge in [0.2, 0.25) is 5.91 Å². The molecular weight excluding hydrogens is 264 g/mol. The van der Waals surface area contributed by atoms with E-state index in [4.69, 9.17) is 4.74 Å². The van der Waals surface area contributed by atoms with Crippen molar-refractivity contribution in [1.29, 1.82) is 0 Å². The lowest BCUT2D eigenvalue weighted by atomic mass is 9.87. The van der Waals surface area contributed by atoms with Gasteiger partial charge in [-0.15, -0.1) is 0 Å². The largest absolute Gasteiger partial charge is 0.378 e. The number of nitrogens with zero attached hydrogens (tertiary/aromatic N) is 1. The summed E-state index contributed by atoms with van der Waals surface area (Å²) in [6, 6.07) is 0.428. The maximum Gasteiger partial charge on any atom is 0.241 e. The highest BCUT2D eigenvalue weighted by molar-refractivity contribution is 5.84. The Hall–Kier alpha value is -0.610. The average Bonchev–Trinajstić information content (AvgIpc) is 2.67. The molecule has 2 fully saturated rings. The Balaban J connectivity index is 1.96. The number of carbonyl (C=O) groups is 1. The topological polar surface area (TPSA) is 41.6 Å². The first-order valence-corrected chi connectivity index (χ1v) is 8.76. The quantitative estimate of drug-likeness (QED) is 0.749. The molecule has 21 heavy (non-hydrogen) atoms. The molecule has 0 aromatic rings. The lowest BCUT2D eigenvalue weighted by Gasteiger charge is -2.43. The zero-order valence-corrected chi connectivity index (χ0v) is 14.1. The Bertz CT molecular complexity index is 340. The van der Waals surface area contributed by atoms with E-state index in [1.165, 1.54) is 0 Å². The van der Waals surface area contributed by atoms with Gasteiger partial charge in [-0.2, -0.15) is 0 Å². The summed E-state index contributed by atoms with van der Waals surface area (Å²) in [6.45, 7) is 9.46. The van der Waals surface area contributed by atoms with Gasteiger partial charge in [0.1, 0.15) is 0 Å². The lowest BCUT2D eigenvalue weighted by molar-refractivity contribution is -0.138. The van der Waals surface area contributed by atoms with Crippen LogP contribution in [0.1, 0.15) is 66.2 Å². The number of unbranched alkanes of at least 4 members (excludes halogenated alkanes) is 1. The fraction of sp³-hybridized carbons (Fsp3) is 0.941. The van der Waals surface area contributed by atoms with Gasteiger partial charge in [0.25, 0.3) is 0 Å². The second-order valence-electron chi connectivity index (χ2n) is 6.95. The zero-order chi connectivity index (χ0) is 15.4. The molecule has 2 atom stereocenters. The summed E-state index contributed by atoms with van der Waals surface area (Å²) < 4.78 is 5.65. The average molecular weight is 296 g/mol. The molecular formula is C17H32N2O2. The van der Waals surface area contributed by atoms with Crippen molar-refractivity contribution in [3.05, 3.63) is 0 Å². The minimum atomic E-state index is 0.0415. The van der Waals surface area contributed by atoms with Crippen LogP contribution in [0.2, 0.25) is 0 Å². The summed E-state index contributed by atoms with van der Waals surface area (Å²) in [4.78, 5) is 14.9. The van der Waals surface area contributed by atoms with Crippen molar-refractivity contribution < 1.29 is 9.53 Å². The molecule has 0 radical (unpaired) electrons. The molecule has 122 valence electrons. The normalized spacial score (nSPS) is 32.8. The Morgan fingerprint density at radius 2 is 2.05 bits per heavy atom. The summed E-state index contributed by atoms with van der Waals surface area (Å²) >= 11 is 0. The summed E-state index contributed by atoms with van der Waals surface area (Å²) in [5.74, 6) is 0.930. The number of hydrogen-bond donors (Lipinski definition) is 1. The van der Waals surface area contributed by atoms with Crippen LogP contribution in [0.25, 0.3) is 0 Å². The van der Waals surface area contributed by atoms with Gasteiger partial charge in [-0.05, 0) is 38.5 Å².